The zero-order valence-corrected chi connectivity index (χ0v) is 25.6. The van der Waals surface area contributed by atoms with E-state index < -0.39 is 11.5 Å². The second-order valence-corrected chi connectivity index (χ2v) is 12.7. The number of pyridine rings is 2. The minimum absolute atomic E-state index is 0.00751. The highest BCUT2D eigenvalue weighted by molar-refractivity contribution is 5.96. The molecule has 1 aliphatic carbocycles. The van der Waals surface area contributed by atoms with E-state index in [0.29, 0.717) is 41.8 Å². The fourth-order valence-corrected chi connectivity index (χ4v) is 5.94. The molecular formula is C32H41N7O4. The molecule has 1 saturated heterocycles. The topological polar surface area (TPSA) is 140 Å². The first-order valence-electron chi connectivity index (χ1n) is 15.1. The number of imidazole rings is 1. The Kier molecular flexibility index (Phi) is 7.42. The summed E-state index contributed by atoms with van der Waals surface area (Å²) in [6, 6.07) is 9.26. The van der Waals surface area contributed by atoms with Gasteiger partial charge in [0, 0.05) is 42.7 Å². The van der Waals surface area contributed by atoms with E-state index in [1.54, 1.807) is 13.2 Å². The van der Waals surface area contributed by atoms with Crippen molar-refractivity contribution in [1.82, 2.24) is 29.2 Å². The number of piperidine rings is 1. The molecule has 2 amide bonds. The summed E-state index contributed by atoms with van der Waals surface area (Å²) in [7, 11) is 1.60. The number of rotatable bonds is 8. The number of nitrogens with zero attached hydrogens (tertiary/aromatic N) is 5. The minimum Gasteiger partial charge on any atom is -0.482 e. The third-order valence-electron chi connectivity index (χ3n) is 8.61. The summed E-state index contributed by atoms with van der Waals surface area (Å²) in [6.45, 7) is 8.84. The molecule has 1 saturated carbocycles. The van der Waals surface area contributed by atoms with Crippen LogP contribution in [0.1, 0.15) is 74.2 Å². The lowest BCUT2D eigenvalue weighted by molar-refractivity contribution is -0.137. The molecule has 4 aromatic heterocycles. The van der Waals surface area contributed by atoms with Crippen LogP contribution >= 0.6 is 0 Å². The second kappa shape index (κ2) is 10.9. The second-order valence-electron chi connectivity index (χ2n) is 12.7. The van der Waals surface area contributed by atoms with Gasteiger partial charge in [-0.25, -0.2) is 9.97 Å². The normalized spacial score (nSPS) is 18.3. The molecule has 0 unspecified atom stereocenters. The maximum atomic E-state index is 13.5. The molecule has 228 valence electrons. The quantitative estimate of drug-likeness (QED) is 0.286. The van der Waals surface area contributed by atoms with Crippen molar-refractivity contribution in [2.24, 2.45) is 11.7 Å². The van der Waals surface area contributed by atoms with Crippen molar-refractivity contribution in [3.63, 3.8) is 0 Å². The van der Waals surface area contributed by atoms with Gasteiger partial charge in [-0.3, -0.25) is 14.0 Å². The fourth-order valence-electron chi connectivity index (χ4n) is 5.94. The van der Waals surface area contributed by atoms with E-state index >= 15 is 0 Å². The summed E-state index contributed by atoms with van der Waals surface area (Å²) in [5, 5.41) is 13.9. The van der Waals surface area contributed by atoms with Crippen LogP contribution in [0, 0.1) is 12.8 Å². The highest BCUT2D eigenvalue weighted by Crippen LogP contribution is 2.37. The number of hydrogen-bond acceptors (Lipinski definition) is 7. The predicted octanol–water partition coefficient (Wildman–Crippen LogP) is 3.59. The Balaban J connectivity index is 1.42. The third kappa shape index (κ3) is 5.59. The van der Waals surface area contributed by atoms with E-state index in [9.17, 15) is 14.7 Å². The highest BCUT2D eigenvalue weighted by Gasteiger charge is 2.29. The van der Waals surface area contributed by atoms with E-state index in [2.05, 4.69) is 16.0 Å². The van der Waals surface area contributed by atoms with Gasteiger partial charge < -0.3 is 30.4 Å². The van der Waals surface area contributed by atoms with Crippen molar-refractivity contribution in [2.45, 2.75) is 77.6 Å². The van der Waals surface area contributed by atoms with Crippen LogP contribution in [0.3, 0.4) is 0 Å². The number of carbonyl (C=O) groups is 2. The maximum Gasteiger partial charge on any atom is 0.254 e. The van der Waals surface area contributed by atoms with Gasteiger partial charge in [0.25, 0.3) is 11.8 Å². The summed E-state index contributed by atoms with van der Waals surface area (Å²) >= 11 is 0. The van der Waals surface area contributed by atoms with Crippen molar-refractivity contribution in [3.05, 3.63) is 47.3 Å². The first-order chi connectivity index (χ1) is 20.4. The summed E-state index contributed by atoms with van der Waals surface area (Å²) in [4.78, 5) is 37.7. The molecule has 43 heavy (non-hydrogen) atoms. The number of nitrogens with two attached hydrogens (primary N) is 1. The number of aliphatic hydroxyl groups is 1. The van der Waals surface area contributed by atoms with Crippen LogP contribution in [0.25, 0.3) is 28.1 Å². The molecule has 0 bridgehead atoms. The number of ether oxygens (including phenoxy) is 1. The SMILES string of the molecule is COc1cc(C(=O)N2CCC[C@@H](N)C2)cc2nc(-c3cc4ccc([C@@H](C)NC(=O)C(C)(C)O)nc4n3CC3CC3)c(C)n12. The number of methoxy groups -OCH3 is 1. The highest BCUT2D eigenvalue weighted by atomic mass is 16.5. The summed E-state index contributed by atoms with van der Waals surface area (Å²) < 4.78 is 9.94. The zero-order chi connectivity index (χ0) is 30.6. The Bertz CT molecular complexity index is 1710. The number of likely N-dealkylation sites (tertiary alicyclic amines) is 1. The first kappa shape index (κ1) is 29.1. The maximum absolute atomic E-state index is 13.5. The lowest BCUT2D eigenvalue weighted by atomic mass is 10.1. The molecule has 4 aromatic rings. The first-order valence-corrected chi connectivity index (χ1v) is 15.1. The summed E-state index contributed by atoms with van der Waals surface area (Å²) in [5.41, 5.74) is 10.0. The van der Waals surface area contributed by atoms with Crippen LogP contribution < -0.4 is 15.8 Å². The fraction of sp³-hybridized carbons (Fsp3) is 0.500. The van der Waals surface area contributed by atoms with Gasteiger partial charge in [0.1, 0.15) is 22.6 Å². The van der Waals surface area contributed by atoms with E-state index in [4.69, 9.17) is 20.4 Å². The average Bonchev–Trinajstić information content (AvgIpc) is 3.64. The van der Waals surface area contributed by atoms with Crippen LogP contribution in [0.4, 0.5) is 0 Å². The third-order valence-corrected chi connectivity index (χ3v) is 8.61. The predicted molar refractivity (Wildman–Crippen MR) is 164 cm³/mol. The molecule has 2 atom stereocenters. The van der Waals surface area contributed by atoms with Crippen LogP contribution in [0.2, 0.25) is 0 Å². The monoisotopic (exact) mass is 587 g/mol. The smallest absolute Gasteiger partial charge is 0.254 e. The van der Waals surface area contributed by atoms with Crippen molar-refractivity contribution >= 4 is 28.5 Å². The zero-order valence-electron chi connectivity index (χ0n) is 25.6. The van der Waals surface area contributed by atoms with E-state index in [1.165, 1.54) is 26.7 Å². The van der Waals surface area contributed by atoms with Crippen LogP contribution in [0.5, 0.6) is 5.88 Å². The summed E-state index contributed by atoms with van der Waals surface area (Å²) in [6.07, 6.45) is 4.15. The summed E-state index contributed by atoms with van der Waals surface area (Å²) in [5.74, 6) is 0.592. The Labute approximate surface area is 251 Å². The molecule has 6 rings (SSSR count). The Morgan fingerprint density at radius 2 is 1.95 bits per heavy atom. The standard InChI is InChI=1S/C32H41N7O4/c1-18(34-31(41)32(3,4)42)24-11-10-21-13-25(38(29(21)35-24)16-20-8-9-20)28-19(2)39-26(36-28)14-22(15-27(39)43-5)30(40)37-12-6-7-23(33)17-37/h10-11,13-15,18,20,23,42H,6-9,12,16-17,33H2,1-5H3,(H,34,41)/t18-,23-/m1/s1. The van der Waals surface area contributed by atoms with Gasteiger partial charge in [-0.15, -0.1) is 0 Å². The van der Waals surface area contributed by atoms with Crippen LogP contribution in [-0.4, -0.2) is 72.6 Å². The van der Waals surface area contributed by atoms with Crippen molar-refractivity contribution in [2.75, 3.05) is 20.2 Å². The van der Waals surface area contributed by atoms with E-state index in [0.717, 1.165) is 47.5 Å². The molecule has 2 fully saturated rings. The largest absolute Gasteiger partial charge is 0.482 e. The van der Waals surface area contributed by atoms with Gasteiger partial charge in [0.05, 0.1) is 30.2 Å². The Morgan fingerprint density at radius 3 is 2.63 bits per heavy atom. The molecule has 1 aliphatic heterocycles. The van der Waals surface area contributed by atoms with Crippen LogP contribution in [-0.2, 0) is 11.3 Å². The van der Waals surface area contributed by atoms with Crippen molar-refractivity contribution < 1.29 is 19.4 Å². The molecular weight excluding hydrogens is 546 g/mol. The number of carbonyl (C=O) groups excluding carboxylic acids is 2. The molecule has 4 N–H and O–H groups in total. The number of nitrogens with one attached hydrogen (secondary N) is 1. The molecule has 5 heterocycles. The molecule has 0 spiro atoms. The number of fused-ring (bicyclic) bond motifs is 2. The van der Waals surface area contributed by atoms with E-state index in [1.807, 2.05) is 41.3 Å². The van der Waals surface area contributed by atoms with Crippen molar-refractivity contribution in [1.29, 1.82) is 0 Å². The Hall–Kier alpha value is -3.96. The minimum atomic E-state index is -1.48. The molecule has 11 heteroatoms. The van der Waals surface area contributed by atoms with Gasteiger partial charge in [-0.05, 0) is 83.6 Å². The molecule has 0 radical (unpaired) electrons. The molecule has 0 aromatic carbocycles. The average molecular weight is 588 g/mol. The van der Waals surface area contributed by atoms with E-state index in [-0.39, 0.29) is 18.0 Å². The van der Waals surface area contributed by atoms with Gasteiger partial charge in [-0.1, -0.05) is 0 Å². The van der Waals surface area contributed by atoms with Gasteiger partial charge in [-0.2, -0.15) is 0 Å². The number of hydrogen-bond donors (Lipinski definition) is 3. The Morgan fingerprint density at radius 1 is 1.19 bits per heavy atom. The van der Waals surface area contributed by atoms with Crippen LogP contribution in [0.15, 0.2) is 30.3 Å². The lowest BCUT2D eigenvalue weighted by Crippen LogP contribution is -2.45. The van der Waals surface area contributed by atoms with Gasteiger partial charge in [0.15, 0.2) is 5.88 Å². The number of aryl methyl sites for hydroxylation is 1. The number of amides is 2. The molecule has 2 aliphatic rings. The van der Waals surface area contributed by atoms with Gasteiger partial charge >= 0.3 is 0 Å². The molecule has 11 nitrogen and oxygen atoms in total. The van der Waals surface area contributed by atoms with Gasteiger partial charge in [0.2, 0.25) is 0 Å². The lowest BCUT2D eigenvalue weighted by Gasteiger charge is -2.30. The number of aromatic nitrogens is 4. The van der Waals surface area contributed by atoms with Crippen molar-refractivity contribution in [3.8, 4) is 17.3 Å².